The summed E-state index contributed by atoms with van der Waals surface area (Å²) in [6.45, 7) is 2.09. The highest BCUT2D eigenvalue weighted by atomic mass is 35.5. The van der Waals surface area contributed by atoms with Gasteiger partial charge in [0, 0.05) is 5.56 Å². The first-order valence-corrected chi connectivity index (χ1v) is 4.19. The molecule has 0 amide bonds. The van der Waals surface area contributed by atoms with E-state index in [-0.39, 0.29) is 12.4 Å². The van der Waals surface area contributed by atoms with Gasteiger partial charge in [0.1, 0.15) is 5.84 Å². The minimum absolute atomic E-state index is 0. The molecule has 1 unspecified atom stereocenters. The number of nitrogens with two attached hydrogens (primary N) is 1. The number of rotatable bonds is 0. The molecule has 1 atom stereocenters. The van der Waals surface area contributed by atoms with Gasteiger partial charge in [0.15, 0.2) is 0 Å². The zero-order valence-electron chi connectivity index (χ0n) is 7.53. The fourth-order valence-electron chi connectivity index (χ4n) is 1.62. The number of hydrogen-bond acceptors (Lipinski definition) is 2. The average molecular weight is 197 g/mol. The van der Waals surface area contributed by atoms with Crippen LogP contribution < -0.4 is 5.73 Å². The summed E-state index contributed by atoms with van der Waals surface area (Å²) < 4.78 is 0. The Labute approximate surface area is 84.3 Å². The quantitative estimate of drug-likeness (QED) is 0.675. The van der Waals surface area contributed by atoms with Gasteiger partial charge in [0.2, 0.25) is 0 Å². The van der Waals surface area contributed by atoms with Crippen molar-refractivity contribution >= 4 is 18.2 Å². The lowest BCUT2D eigenvalue weighted by Gasteiger charge is -2.17. The molecule has 1 heterocycles. The van der Waals surface area contributed by atoms with Crippen LogP contribution in [0.25, 0.3) is 0 Å². The summed E-state index contributed by atoms with van der Waals surface area (Å²) >= 11 is 0. The summed E-state index contributed by atoms with van der Waals surface area (Å²) in [5.74, 6) is 0.685. The Morgan fingerprint density at radius 3 is 2.85 bits per heavy atom. The van der Waals surface area contributed by atoms with Crippen molar-refractivity contribution in [1.82, 2.24) is 0 Å². The Bertz CT molecular complexity index is 333. The van der Waals surface area contributed by atoms with Gasteiger partial charge in [0.25, 0.3) is 0 Å². The highest BCUT2D eigenvalue weighted by Gasteiger charge is 2.14. The highest BCUT2D eigenvalue weighted by Crippen LogP contribution is 2.17. The molecule has 0 aromatic heterocycles. The molecule has 0 radical (unpaired) electrons. The molecule has 3 heteroatoms. The smallest absolute Gasteiger partial charge is 0.126 e. The zero-order chi connectivity index (χ0) is 8.55. The van der Waals surface area contributed by atoms with Crippen LogP contribution in [0.1, 0.15) is 18.1 Å². The Morgan fingerprint density at radius 2 is 2.08 bits per heavy atom. The van der Waals surface area contributed by atoms with Gasteiger partial charge in [0.05, 0.1) is 6.04 Å². The van der Waals surface area contributed by atoms with E-state index in [1.807, 2.05) is 18.2 Å². The van der Waals surface area contributed by atoms with E-state index in [1.54, 1.807) is 0 Å². The highest BCUT2D eigenvalue weighted by molar-refractivity contribution is 5.99. The summed E-state index contributed by atoms with van der Waals surface area (Å²) in [4.78, 5) is 4.32. The van der Waals surface area contributed by atoms with E-state index in [1.165, 1.54) is 5.56 Å². The van der Waals surface area contributed by atoms with Gasteiger partial charge in [-0.15, -0.1) is 12.4 Å². The molecule has 1 aliphatic heterocycles. The van der Waals surface area contributed by atoms with Crippen LogP contribution in [0.4, 0.5) is 0 Å². The normalized spacial score (nSPS) is 19.8. The zero-order valence-corrected chi connectivity index (χ0v) is 8.34. The number of benzene rings is 1. The lowest BCUT2D eigenvalue weighted by molar-refractivity contribution is 0.725. The maximum atomic E-state index is 5.79. The van der Waals surface area contributed by atoms with E-state index >= 15 is 0 Å². The predicted molar refractivity (Wildman–Crippen MR) is 57.6 cm³/mol. The lowest BCUT2D eigenvalue weighted by atomic mass is 9.97. The second-order valence-corrected chi connectivity index (χ2v) is 3.22. The van der Waals surface area contributed by atoms with Crippen LogP contribution in [0.2, 0.25) is 0 Å². The number of aliphatic imine (C=N–C) groups is 1. The van der Waals surface area contributed by atoms with Crippen molar-refractivity contribution in [3.05, 3.63) is 35.4 Å². The van der Waals surface area contributed by atoms with E-state index in [9.17, 15) is 0 Å². The average Bonchev–Trinajstić information content (AvgIpc) is 2.04. The molecule has 1 aliphatic rings. The van der Waals surface area contributed by atoms with Crippen LogP contribution in [-0.4, -0.2) is 11.9 Å². The van der Waals surface area contributed by atoms with Gasteiger partial charge < -0.3 is 5.73 Å². The first-order valence-electron chi connectivity index (χ1n) is 4.19. The van der Waals surface area contributed by atoms with Gasteiger partial charge in [-0.2, -0.15) is 0 Å². The summed E-state index contributed by atoms with van der Waals surface area (Å²) in [7, 11) is 0. The van der Waals surface area contributed by atoms with E-state index in [2.05, 4.69) is 18.0 Å². The van der Waals surface area contributed by atoms with E-state index < -0.39 is 0 Å². The Kier molecular flexibility index (Phi) is 2.94. The van der Waals surface area contributed by atoms with E-state index in [4.69, 9.17) is 5.73 Å². The van der Waals surface area contributed by atoms with Crippen LogP contribution in [0.15, 0.2) is 29.3 Å². The molecule has 0 bridgehead atoms. The molecule has 2 rings (SSSR count). The van der Waals surface area contributed by atoms with E-state index in [0.29, 0.717) is 11.9 Å². The summed E-state index contributed by atoms with van der Waals surface area (Å²) in [6, 6.07) is 8.52. The van der Waals surface area contributed by atoms with Crippen molar-refractivity contribution in [3.63, 3.8) is 0 Å². The van der Waals surface area contributed by atoms with Crippen molar-refractivity contribution in [1.29, 1.82) is 0 Å². The summed E-state index contributed by atoms with van der Waals surface area (Å²) in [5.41, 5.74) is 8.21. The van der Waals surface area contributed by atoms with E-state index in [0.717, 1.165) is 12.0 Å². The van der Waals surface area contributed by atoms with Crippen molar-refractivity contribution in [2.45, 2.75) is 19.4 Å². The first-order chi connectivity index (χ1) is 5.77. The minimum atomic E-state index is 0. The molecular formula is C10H13ClN2. The monoisotopic (exact) mass is 196 g/mol. The van der Waals surface area contributed by atoms with Gasteiger partial charge in [-0.25, -0.2) is 0 Å². The van der Waals surface area contributed by atoms with Crippen molar-refractivity contribution < 1.29 is 0 Å². The molecule has 0 saturated heterocycles. The molecule has 2 N–H and O–H groups in total. The van der Waals surface area contributed by atoms with Crippen LogP contribution in [0.5, 0.6) is 0 Å². The Morgan fingerprint density at radius 1 is 1.38 bits per heavy atom. The summed E-state index contributed by atoms with van der Waals surface area (Å²) in [6.07, 6.45) is 1.01. The number of fused-ring (bicyclic) bond motifs is 1. The topological polar surface area (TPSA) is 38.4 Å². The molecule has 13 heavy (non-hydrogen) atoms. The summed E-state index contributed by atoms with van der Waals surface area (Å²) in [5, 5.41) is 0. The number of halogens is 1. The predicted octanol–water partition coefficient (Wildman–Crippen LogP) is 1.76. The van der Waals surface area contributed by atoms with Crippen LogP contribution in [0.3, 0.4) is 0 Å². The van der Waals surface area contributed by atoms with Gasteiger partial charge in [-0.1, -0.05) is 24.3 Å². The van der Waals surface area contributed by atoms with Crippen LogP contribution >= 0.6 is 12.4 Å². The number of nitrogens with zero attached hydrogens (tertiary/aromatic N) is 1. The minimum Gasteiger partial charge on any atom is -0.383 e. The Balaban J connectivity index is 0.000000845. The first kappa shape index (κ1) is 10.1. The molecule has 1 aromatic rings. The molecule has 0 saturated carbocycles. The number of hydrogen-bond donors (Lipinski definition) is 1. The van der Waals surface area contributed by atoms with Crippen LogP contribution in [0, 0.1) is 0 Å². The molecular weight excluding hydrogens is 184 g/mol. The molecule has 0 aliphatic carbocycles. The maximum absolute atomic E-state index is 5.79. The fourth-order valence-corrected chi connectivity index (χ4v) is 1.62. The lowest BCUT2D eigenvalue weighted by Crippen LogP contribution is -2.24. The fraction of sp³-hybridized carbons (Fsp3) is 0.300. The molecule has 0 spiro atoms. The second-order valence-electron chi connectivity index (χ2n) is 3.22. The standard InChI is InChI=1S/C10H12N2.ClH/c1-7-6-8-4-2-3-5-9(8)10(11)12-7;/h2-5,7H,6H2,1H3,(H2,11,12);1H. The SMILES string of the molecule is CC1Cc2ccccc2C(N)=N1.Cl. The van der Waals surface area contributed by atoms with Gasteiger partial charge >= 0.3 is 0 Å². The third-order valence-electron chi connectivity index (χ3n) is 2.17. The largest absolute Gasteiger partial charge is 0.383 e. The maximum Gasteiger partial charge on any atom is 0.126 e. The third kappa shape index (κ3) is 1.83. The third-order valence-corrected chi connectivity index (χ3v) is 2.17. The molecule has 2 nitrogen and oxygen atoms in total. The Hall–Kier alpha value is -1.02. The molecule has 1 aromatic carbocycles. The van der Waals surface area contributed by atoms with Crippen LogP contribution in [-0.2, 0) is 6.42 Å². The second kappa shape index (κ2) is 3.79. The van der Waals surface area contributed by atoms with Crippen molar-refractivity contribution in [2.75, 3.05) is 0 Å². The van der Waals surface area contributed by atoms with Gasteiger partial charge in [-0.05, 0) is 18.9 Å². The molecule has 70 valence electrons. The van der Waals surface area contributed by atoms with Gasteiger partial charge in [-0.3, -0.25) is 4.99 Å². The number of amidine groups is 1. The van der Waals surface area contributed by atoms with Crippen molar-refractivity contribution in [2.24, 2.45) is 10.7 Å². The van der Waals surface area contributed by atoms with Crippen molar-refractivity contribution in [3.8, 4) is 0 Å². The molecule has 0 fully saturated rings.